The van der Waals surface area contributed by atoms with Gasteiger partial charge in [0.05, 0.1) is 0 Å². The molecule has 0 fully saturated rings. The third-order valence-corrected chi connectivity index (χ3v) is 5.45. The first kappa shape index (κ1) is 25.1. The summed E-state index contributed by atoms with van der Waals surface area (Å²) in [5, 5.41) is 0. The van der Waals surface area contributed by atoms with Gasteiger partial charge in [0.1, 0.15) is 0 Å². The van der Waals surface area contributed by atoms with Crippen molar-refractivity contribution in [2.75, 3.05) is 19.3 Å². The van der Waals surface area contributed by atoms with Crippen LogP contribution in [0.25, 0.3) is 0 Å². The largest absolute Gasteiger partial charge is 0.303 e. The van der Waals surface area contributed by atoms with E-state index in [1.165, 1.54) is 96.3 Å². The van der Waals surface area contributed by atoms with Gasteiger partial charge in [0, 0.05) is 18.3 Å². The monoisotopic (exact) mass is 369 g/mol. The fourth-order valence-electron chi connectivity index (χ4n) is 3.48. The third kappa shape index (κ3) is 17.2. The van der Waals surface area contributed by atoms with E-state index in [1.807, 2.05) is 0 Å². The summed E-state index contributed by atoms with van der Waals surface area (Å²) in [4.78, 5) is 2.56. The van der Waals surface area contributed by atoms with Gasteiger partial charge in [0.2, 0.25) is 0 Å². The summed E-state index contributed by atoms with van der Waals surface area (Å²) < 4.78 is 0. The maximum Gasteiger partial charge on any atom is 0.00925 e. The van der Waals surface area contributed by atoms with E-state index in [1.54, 1.807) is 0 Å². The van der Waals surface area contributed by atoms with Gasteiger partial charge < -0.3 is 4.90 Å². The first-order chi connectivity index (χ1) is 12.3. The van der Waals surface area contributed by atoms with Crippen LogP contribution >= 0.6 is 12.6 Å². The second kappa shape index (κ2) is 20.4. The quantitative estimate of drug-likeness (QED) is 0.139. The molecular weight excluding hydrogens is 322 g/mol. The predicted octanol–water partition coefficient (Wildman–Crippen LogP) is 7.66. The fraction of sp³-hybridized carbons (Fsp3) is 0.913. The Morgan fingerprint density at radius 3 is 1.88 bits per heavy atom. The molecule has 0 N–H and O–H groups in total. The van der Waals surface area contributed by atoms with E-state index in [4.69, 9.17) is 0 Å². The first-order valence-corrected chi connectivity index (χ1v) is 11.9. The average Bonchev–Trinajstić information content (AvgIpc) is 2.61. The summed E-state index contributed by atoms with van der Waals surface area (Å²) in [6.07, 6.45) is 25.3. The van der Waals surface area contributed by atoms with Crippen LogP contribution in [0.1, 0.15) is 110 Å². The summed E-state index contributed by atoms with van der Waals surface area (Å²) in [5.41, 5.74) is 0. The minimum atomic E-state index is 0.783. The summed E-state index contributed by atoms with van der Waals surface area (Å²) in [6, 6.07) is 0.783. The lowest BCUT2D eigenvalue weighted by Crippen LogP contribution is -2.33. The number of unbranched alkanes of at least 4 members (excludes halogenated alkanes) is 10. The summed E-state index contributed by atoms with van der Waals surface area (Å²) >= 11 is 4.42. The molecule has 0 saturated carbocycles. The van der Waals surface area contributed by atoms with Gasteiger partial charge in [-0.25, -0.2) is 0 Å². The zero-order valence-corrected chi connectivity index (χ0v) is 18.5. The number of rotatable bonds is 19. The zero-order chi connectivity index (χ0) is 18.6. The van der Waals surface area contributed by atoms with Crippen LogP contribution in [-0.4, -0.2) is 30.3 Å². The van der Waals surface area contributed by atoms with Crippen molar-refractivity contribution in [2.45, 2.75) is 116 Å². The fourth-order valence-corrected chi connectivity index (χ4v) is 3.80. The van der Waals surface area contributed by atoms with Crippen LogP contribution in [0.4, 0.5) is 0 Å². The maximum absolute atomic E-state index is 4.42. The van der Waals surface area contributed by atoms with Crippen molar-refractivity contribution < 1.29 is 0 Å². The van der Waals surface area contributed by atoms with E-state index in [2.05, 4.69) is 50.6 Å². The highest BCUT2D eigenvalue weighted by molar-refractivity contribution is 7.80. The first-order valence-electron chi connectivity index (χ1n) is 11.2. The second-order valence-electron chi connectivity index (χ2n) is 7.67. The highest BCUT2D eigenvalue weighted by Gasteiger charge is 2.13. The molecular formula is C23H47NS. The van der Waals surface area contributed by atoms with E-state index in [-0.39, 0.29) is 0 Å². The van der Waals surface area contributed by atoms with E-state index in [0.717, 1.165) is 18.3 Å². The zero-order valence-electron chi connectivity index (χ0n) is 17.6. The van der Waals surface area contributed by atoms with Crippen molar-refractivity contribution in [3.63, 3.8) is 0 Å². The molecule has 0 aromatic heterocycles. The van der Waals surface area contributed by atoms with Gasteiger partial charge in [-0.3, -0.25) is 0 Å². The van der Waals surface area contributed by atoms with Gasteiger partial charge in [0.15, 0.2) is 0 Å². The highest BCUT2D eigenvalue weighted by Crippen LogP contribution is 2.17. The van der Waals surface area contributed by atoms with Gasteiger partial charge in [-0.2, -0.15) is 12.6 Å². The molecule has 0 heterocycles. The Bertz CT molecular complexity index is 277. The number of allylic oxidation sites excluding steroid dienone is 2. The molecule has 25 heavy (non-hydrogen) atoms. The lowest BCUT2D eigenvalue weighted by molar-refractivity contribution is 0.221. The van der Waals surface area contributed by atoms with E-state index >= 15 is 0 Å². The topological polar surface area (TPSA) is 3.24 Å². The van der Waals surface area contributed by atoms with Crippen molar-refractivity contribution in [3.05, 3.63) is 12.2 Å². The molecule has 0 rings (SSSR count). The smallest absolute Gasteiger partial charge is 0.00925 e. The van der Waals surface area contributed by atoms with E-state index in [9.17, 15) is 0 Å². The van der Waals surface area contributed by atoms with Crippen molar-refractivity contribution in [2.24, 2.45) is 0 Å². The summed E-state index contributed by atoms with van der Waals surface area (Å²) in [6.45, 7) is 5.67. The number of hydrogen-bond donors (Lipinski definition) is 1. The van der Waals surface area contributed by atoms with Gasteiger partial charge in [-0.15, -0.1) is 0 Å². The average molecular weight is 370 g/mol. The van der Waals surface area contributed by atoms with Crippen LogP contribution in [0.2, 0.25) is 0 Å². The molecule has 0 radical (unpaired) electrons. The van der Waals surface area contributed by atoms with Crippen LogP contribution < -0.4 is 0 Å². The number of hydrogen-bond acceptors (Lipinski definition) is 2. The lowest BCUT2D eigenvalue weighted by atomic mass is 9.99. The van der Waals surface area contributed by atoms with E-state index in [0.29, 0.717) is 0 Å². The molecule has 0 spiro atoms. The number of nitrogens with zero attached hydrogens (tertiary/aromatic N) is 1. The summed E-state index contributed by atoms with van der Waals surface area (Å²) in [5.74, 6) is 0.981. The molecule has 0 aromatic rings. The Morgan fingerprint density at radius 1 is 0.720 bits per heavy atom. The Balaban J connectivity index is 3.75. The SMILES string of the molecule is CCC/C=C\CCCCCCCC(CCCCCCC)N(C)CCS. The van der Waals surface area contributed by atoms with Gasteiger partial charge >= 0.3 is 0 Å². The molecule has 0 aliphatic carbocycles. The van der Waals surface area contributed by atoms with Crippen molar-refractivity contribution in [3.8, 4) is 0 Å². The standard InChI is InChI=1S/C23H47NS/c1-4-6-8-10-11-12-13-14-16-18-20-23(24(3)21-22-25)19-17-15-9-7-5-2/h8,10,23,25H,4-7,9,11-22H2,1-3H3/b10-8-. The molecule has 2 heteroatoms. The molecule has 0 amide bonds. The molecule has 0 saturated heterocycles. The molecule has 1 unspecified atom stereocenters. The van der Waals surface area contributed by atoms with E-state index < -0.39 is 0 Å². The normalized spacial score (nSPS) is 13.2. The van der Waals surface area contributed by atoms with Gasteiger partial charge in [-0.05, 0) is 39.2 Å². The number of thiol groups is 1. The Morgan fingerprint density at radius 2 is 1.28 bits per heavy atom. The predicted molar refractivity (Wildman–Crippen MR) is 120 cm³/mol. The lowest BCUT2D eigenvalue weighted by Gasteiger charge is -2.28. The van der Waals surface area contributed by atoms with Crippen molar-refractivity contribution in [1.29, 1.82) is 0 Å². The van der Waals surface area contributed by atoms with Crippen molar-refractivity contribution in [1.82, 2.24) is 4.90 Å². The van der Waals surface area contributed by atoms with Crippen LogP contribution in [0.15, 0.2) is 12.2 Å². The van der Waals surface area contributed by atoms with Crippen LogP contribution in [0, 0.1) is 0 Å². The Labute approximate surface area is 165 Å². The molecule has 0 aliphatic heterocycles. The molecule has 1 nitrogen and oxygen atoms in total. The molecule has 0 aliphatic rings. The Kier molecular flexibility index (Phi) is 20.4. The maximum atomic E-state index is 4.42. The van der Waals surface area contributed by atoms with Crippen molar-refractivity contribution >= 4 is 12.6 Å². The van der Waals surface area contributed by atoms with Gasteiger partial charge in [-0.1, -0.05) is 90.2 Å². The molecule has 1 atom stereocenters. The minimum absolute atomic E-state index is 0.783. The summed E-state index contributed by atoms with van der Waals surface area (Å²) in [7, 11) is 2.30. The molecule has 0 bridgehead atoms. The highest BCUT2D eigenvalue weighted by atomic mass is 32.1. The van der Waals surface area contributed by atoms with Crippen LogP contribution in [-0.2, 0) is 0 Å². The van der Waals surface area contributed by atoms with Crippen LogP contribution in [0.3, 0.4) is 0 Å². The molecule has 0 aromatic carbocycles. The second-order valence-corrected chi connectivity index (χ2v) is 8.11. The van der Waals surface area contributed by atoms with Gasteiger partial charge in [0.25, 0.3) is 0 Å². The Hall–Kier alpha value is 0.0500. The molecule has 150 valence electrons. The third-order valence-electron chi connectivity index (χ3n) is 5.25. The van der Waals surface area contributed by atoms with Crippen LogP contribution in [0.5, 0.6) is 0 Å². The minimum Gasteiger partial charge on any atom is -0.303 e.